The van der Waals surface area contributed by atoms with Crippen molar-refractivity contribution in [3.05, 3.63) is 64.6 Å². The average Bonchev–Trinajstić information content (AvgIpc) is 3.07. The fourth-order valence-electron chi connectivity index (χ4n) is 2.98. The normalized spacial score (nSPS) is 13.4. The van der Waals surface area contributed by atoms with E-state index in [0.29, 0.717) is 0 Å². The Balaban J connectivity index is 2.01. The Bertz CT molecular complexity index is 1130. The van der Waals surface area contributed by atoms with E-state index in [4.69, 9.17) is 10.5 Å². The Labute approximate surface area is 180 Å². The summed E-state index contributed by atoms with van der Waals surface area (Å²) in [5, 5.41) is 2.46. The summed E-state index contributed by atoms with van der Waals surface area (Å²) in [5.41, 5.74) is 3.57. The maximum absolute atomic E-state index is 13.9. The van der Waals surface area contributed by atoms with Gasteiger partial charge in [0.15, 0.2) is 11.4 Å². The molecule has 172 valence electrons. The van der Waals surface area contributed by atoms with Crippen LogP contribution in [0.3, 0.4) is 0 Å². The predicted octanol–water partition coefficient (Wildman–Crippen LogP) is 3.85. The molecule has 0 aliphatic carbocycles. The van der Waals surface area contributed by atoms with Gasteiger partial charge < -0.3 is 15.8 Å². The number of hydrogen-bond donors (Lipinski definition) is 2. The molecule has 2 aromatic heterocycles. The minimum Gasteiger partial charge on any atom is -0.485 e. The van der Waals surface area contributed by atoms with Crippen molar-refractivity contribution in [2.45, 2.75) is 32.4 Å². The van der Waals surface area contributed by atoms with Crippen LogP contribution in [0, 0.1) is 18.6 Å². The minimum absolute atomic E-state index is 0.00482. The number of fused-ring (bicyclic) bond motifs is 1. The summed E-state index contributed by atoms with van der Waals surface area (Å²) in [6, 6.07) is 4.25. The molecule has 0 radical (unpaired) electrons. The third-order valence-electron chi connectivity index (χ3n) is 4.74. The number of amides is 1. The lowest BCUT2D eigenvalue weighted by Gasteiger charge is -2.20. The van der Waals surface area contributed by atoms with E-state index < -0.39 is 48.4 Å². The first-order chi connectivity index (χ1) is 15.0. The highest BCUT2D eigenvalue weighted by atomic mass is 19.3. The predicted molar refractivity (Wildman–Crippen MR) is 106 cm³/mol. The number of halogens is 5. The second-order valence-electron chi connectivity index (χ2n) is 7.64. The summed E-state index contributed by atoms with van der Waals surface area (Å²) in [7, 11) is 0. The number of aromatic nitrogens is 2. The summed E-state index contributed by atoms with van der Waals surface area (Å²) < 4.78 is 74.3. The van der Waals surface area contributed by atoms with Gasteiger partial charge in [0.1, 0.15) is 30.6 Å². The molecule has 1 amide bonds. The number of benzene rings is 1. The number of rotatable bonds is 8. The Morgan fingerprint density at radius 3 is 2.56 bits per heavy atom. The summed E-state index contributed by atoms with van der Waals surface area (Å²) in [6.07, 6.45) is -1.91. The molecule has 6 nitrogen and oxygen atoms in total. The standard InChI is InChI=1S/C21H21F5N4O2/c1-11-17(20(31)28-10-21(2,27)9-22)30-7-12(18(25)26)6-16(19(30)29-11)32-8-13-14(23)4-3-5-15(13)24/h3-7,18H,8-10,27H2,1-2H3,(H,28,31). The molecule has 0 bridgehead atoms. The SMILES string of the molecule is Cc1nc2c(OCc3c(F)cccc3F)cc(C(F)F)cn2c1C(=O)NCC(C)(N)CF. The van der Waals surface area contributed by atoms with Crippen LogP contribution in [0.15, 0.2) is 30.5 Å². The lowest BCUT2D eigenvalue weighted by molar-refractivity contribution is 0.0935. The minimum atomic E-state index is -2.93. The van der Waals surface area contributed by atoms with Crippen LogP contribution in [0.1, 0.15) is 40.7 Å². The van der Waals surface area contributed by atoms with Crippen molar-refractivity contribution < 1.29 is 31.5 Å². The van der Waals surface area contributed by atoms with Crippen LogP contribution in [0.4, 0.5) is 22.0 Å². The quantitative estimate of drug-likeness (QED) is 0.505. The molecule has 0 saturated heterocycles. The van der Waals surface area contributed by atoms with Gasteiger partial charge in [-0.1, -0.05) is 6.07 Å². The smallest absolute Gasteiger partial charge is 0.270 e. The number of imidazole rings is 1. The molecule has 0 aliphatic rings. The number of carbonyl (C=O) groups excluding carboxylic acids is 1. The fraction of sp³-hybridized carbons (Fsp3) is 0.333. The van der Waals surface area contributed by atoms with Crippen LogP contribution in [0.25, 0.3) is 5.65 Å². The van der Waals surface area contributed by atoms with Crippen molar-refractivity contribution in [2.75, 3.05) is 13.2 Å². The van der Waals surface area contributed by atoms with Crippen LogP contribution < -0.4 is 15.8 Å². The van der Waals surface area contributed by atoms with E-state index in [-0.39, 0.29) is 34.9 Å². The first-order valence-corrected chi connectivity index (χ1v) is 9.53. The van der Waals surface area contributed by atoms with Crippen molar-refractivity contribution >= 4 is 11.6 Å². The highest BCUT2D eigenvalue weighted by Crippen LogP contribution is 2.30. The van der Waals surface area contributed by atoms with E-state index in [2.05, 4.69) is 10.3 Å². The van der Waals surface area contributed by atoms with Gasteiger partial charge in [-0.05, 0) is 32.0 Å². The first kappa shape index (κ1) is 23.5. The molecule has 0 spiro atoms. The summed E-state index contributed by atoms with van der Waals surface area (Å²) in [4.78, 5) is 16.9. The summed E-state index contributed by atoms with van der Waals surface area (Å²) >= 11 is 0. The van der Waals surface area contributed by atoms with Crippen molar-refractivity contribution in [1.29, 1.82) is 0 Å². The van der Waals surface area contributed by atoms with Gasteiger partial charge in [0, 0.05) is 18.3 Å². The van der Waals surface area contributed by atoms with E-state index in [1.807, 2.05) is 0 Å². The zero-order chi connectivity index (χ0) is 23.6. The van der Waals surface area contributed by atoms with Gasteiger partial charge >= 0.3 is 0 Å². The van der Waals surface area contributed by atoms with Crippen molar-refractivity contribution in [2.24, 2.45) is 5.73 Å². The van der Waals surface area contributed by atoms with Gasteiger partial charge in [-0.2, -0.15) is 0 Å². The fourth-order valence-corrected chi connectivity index (χ4v) is 2.98. The third-order valence-corrected chi connectivity index (χ3v) is 4.74. The molecule has 0 fully saturated rings. The van der Waals surface area contributed by atoms with Crippen LogP contribution in [0.2, 0.25) is 0 Å². The van der Waals surface area contributed by atoms with Gasteiger partial charge in [-0.25, -0.2) is 26.9 Å². The van der Waals surface area contributed by atoms with Gasteiger partial charge in [-0.3, -0.25) is 9.20 Å². The number of pyridine rings is 1. The van der Waals surface area contributed by atoms with Crippen LogP contribution in [-0.4, -0.2) is 34.1 Å². The first-order valence-electron chi connectivity index (χ1n) is 9.53. The van der Waals surface area contributed by atoms with Crippen molar-refractivity contribution in [3.8, 4) is 5.75 Å². The van der Waals surface area contributed by atoms with E-state index in [9.17, 15) is 26.7 Å². The number of hydrogen-bond acceptors (Lipinski definition) is 4. The molecule has 2 heterocycles. The second kappa shape index (κ2) is 9.11. The zero-order valence-electron chi connectivity index (χ0n) is 17.3. The second-order valence-corrected chi connectivity index (χ2v) is 7.64. The summed E-state index contributed by atoms with van der Waals surface area (Å²) in [5.74, 6) is -2.62. The van der Waals surface area contributed by atoms with Gasteiger partial charge in [0.05, 0.1) is 16.8 Å². The number of alkyl halides is 3. The molecule has 0 aliphatic heterocycles. The number of nitrogens with zero attached hydrogens (tertiary/aromatic N) is 2. The zero-order valence-corrected chi connectivity index (χ0v) is 17.3. The Hall–Kier alpha value is -3.21. The topological polar surface area (TPSA) is 81.7 Å². The van der Waals surface area contributed by atoms with Crippen LogP contribution in [0.5, 0.6) is 5.75 Å². The molecular formula is C21H21F5N4O2. The summed E-state index contributed by atoms with van der Waals surface area (Å²) in [6.45, 7) is 1.19. The maximum Gasteiger partial charge on any atom is 0.270 e. The van der Waals surface area contributed by atoms with Crippen LogP contribution >= 0.6 is 0 Å². The van der Waals surface area contributed by atoms with E-state index >= 15 is 0 Å². The Kier molecular flexibility index (Phi) is 6.68. The molecule has 3 aromatic rings. The van der Waals surface area contributed by atoms with Gasteiger partial charge in [0.2, 0.25) is 0 Å². The van der Waals surface area contributed by atoms with Crippen LogP contribution in [-0.2, 0) is 6.61 Å². The van der Waals surface area contributed by atoms with E-state index in [1.54, 1.807) is 0 Å². The van der Waals surface area contributed by atoms with Gasteiger partial charge in [0.25, 0.3) is 12.3 Å². The molecule has 1 aromatic carbocycles. The Morgan fingerprint density at radius 1 is 1.31 bits per heavy atom. The van der Waals surface area contributed by atoms with Gasteiger partial charge in [-0.15, -0.1) is 0 Å². The number of ether oxygens (including phenoxy) is 1. The average molecular weight is 456 g/mol. The monoisotopic (exact) mass is 456 g/mol. The highest BCUT2D eigenvalue weighted by molar-refractivity contribution is 5.95. The Morgan fingerprint density at radius 2 is 1.97 bits per heavy atom. The number of carbonyl (C=O) groups is 1. The molecule has 1 atom stereocenters. The molecule has 11 heteroatoms. The molecule has 1 unspecified atom stereocenters. The lowest BCUT2D eigenvalue weighted by Crippen LogP contribution is -2.49. The molecule has 3 N–H and O–H groups in total. The lowest BCUT2D eigenvalue weighted by atomic mass is 10.1. The number of nitrogens with one attached hydrogen (secondary N) is 1. The van der Waals surface area contributed by atoms with E-state index in [0.717, 1.165) is 28.8 Å². The molecule has 3 rings (SSSR count). The number of aryl methyl sites for hydroxylation is 1. The van der Waals surface area contributed by atoms with E-state index in [1.165, 1.54) is 19.9 Å². The molecular weight excluding hydrogens is 435 g/mol. The molecule has 0 saturated carbocycles. The highest BCUT2D eigenvalue weighted by Gasteiger charge is 2.25. The third kappa shape index (κ3) is 4.82. The van der Waals surface area contributed by atoms with Crippen molar-refractivity contribution in [1.82, 2.24) is 14.7 Å². The maximum atomic E-state index is 13.9. The number of nitrogens with two attached hydrogens (primary N) is 1. The molecule has 32 heavy (non-hydrogen) atoms. The largest absolute Gasteiger partial charge is 0.485 e. The van der Waals surface area contributed by atoms with Crippen molar-refractivity contribution in [3.63, 3.8) is 0 Å².